The normalized spacial score (nSPS) is 13.0. The lowest BCUT2D eigenvalue weighted by molar-refractivity contribution is -0.132. The van der Waals surface area contributed by atoms with Gasteiger partial charge in [-0.2, -0.15) is 5.26 Å². The summed E-state index contributed by atoms with van der Waals surface area (Å²) in [6.45, 7) is 2.90. The highest BCUT2D eigenvalue weighted by atomic mass is 16.4. The second kappa shape index (κ2) is 7.46. The molecule has 7 heteroatoms. The van der Waals surface area contributed by atoms with Crippen molar-refractivity contribution in [3.63, 3.8) is 0 Å². The Bertz CT molecular complexity index is 945. The number of nitriles is 1. The first kappa shape index (κ1) is 18.4. The number of carbonyl (C=O) groups is 2. The zero-order valence-electron chi connectivity index (χ0n) is 15.0. The van der Waals surface area contributed by atoms with Crippen LogP contribution in [-0.2, 0) is 17.8 Å². The summed E-state index contributed by atoms with van der Waals surface area (Å²) in [4.78, 5) is 29.6. The van der Waals surface area contributed by atoms with Gasteiger partial charge in [-0.1, -0.05) is 19.1 Å². The number of fused-ring (bicyclic) bond motifs is 1. The van der Waals surface area contributed by atoms with Crippen LogP contribution in [0.1, 0.15) is 46.9 Å². The summed E-state index contributed by atoms with van der Waals surface area (Å²) in [5.74, 6) is -0.790. The van der Waals surface area contributed by atoms with Crippen molar-refractivity contribution >= 4 is 17.7 Å². The van der Waals surface area contributed by atoms with Crippen LogP contribution >= 0.6 is 0 Å². The predicted molar refractivity (Wildman–Crippen MR) is 99.8 cm³/mol. The molecule has 0 atom stereocenters. The number of benzene rings is 1. The lowest BCUT2D eigenvalue weighted by atomic mass is 9.90. The van der Waals surface area contributed by atoms with Crippen molar-refractivity contribution < 1.29 is 14.7 Å². The number of anilines is 1. The van der Waals surface area contributed by atoms with Crippen LogP contribution in [-0.4, -0.2) is 33.4 Å². The van der Waals surface area contributed by atoms with Crippen molar-refractivity contribution in [1.29, 1.82) is 5.26 Å². The zero-order valence-corrected chi connectivity index (χ0v) is 15.0. The zero-order chi connectivity index (χ0) is 19.6. The van der Waals surface area contributed by atoms with E-state index in [1.807, 2.05) is 6.92 Å². The summed E-state index contributed by atoms with van der Waals surface area (Å²) < 4.78 is 0. The van der Waals surface area contributed by atoms with Crippen LogP contribution in [0.25, 0.3) is 11.1 Å². The fraction of sp³-hybridized carbons (Fsp3) is 0.300. The van der Waals surface area contributed by atoms with Crippen molar-refractivity contribution in [3.05, 3.63) is 46.6 Å². The number of carbonyl (C=O) groups excluding carboxylic acids is 1. The number of nitrogens with two attached hydrogens (primary N) is 1. The summed E-state index contributed by atoms with van der Waals surface area (Å²) in [6, 6.07) is 8.41. The number of nitrogens with zero attached hydrogens (tertiary/aromatic N) is 3. The molecule has 0 fully saturated rings. The van der Waals surface area contributed by atoms with Gasteiger partial charge in [0.2, 0.25) is 5.91 Å². The number of carboxylic acids is 1. The lowest BCUT2D eigenvalue weighted by Crippen LogP contribution is -2.36. The number of aromatic nitrogens is 1. The third-order valence-electron chi connectivity index (χ3n) is 4.73. The van der Waals surface area contributed by atoms with Crippen molar-refractivity contribution in [2.24, 2.45) is 0 Å². The number of hydrogen-bond acceptors (Lipinski definition) is 5. The molecule has 3 rings (SSSR count). The average molecular weight is 364 g/mol. The molecule has 1 amide bonds. The van der Waals surface area contributed by atoms with E-state index in [0.717, 1.165) is 17.7 Å². The fourth-order valence-corrected chi connectivity index (χ4v) is 3.38. The fourth-order valence-electron chi connectivity index (χ4n) is 3.38. The van der Waals surface area contributed by atoms with Crippen LogP contribution < -0.4 is 5.73 Å². The SMILES string of the molecule is CCCC(=O)N1CCc2nc(N)c(C#N)c(-c3ccc(C(=O)O)cc3)c2C1. The molecule has 138 valence electrons. The van der Waals surface area contributed by atoms with Gasteiger partial charge in [0.15, 0.2) is 0 Å². The molecule has 27 heavy (non-hydrogen) atoms. The second-order valence-electron chi connectivity index (χ2n) is 6.48. The minimum absolute atomic E-state index is 0.0747. The van der Waals surface area contributed by atoms with Crippen molar-refractivity contribution in [3.8, 4) is 17.2 Å². The topological polar surface area (TPSA) is 120 Å². The van der Waals surface area contributed by atoms with Gasteiger partial charge in [0.25, 0.3) is 0 Å². The first-order chi connectivity index (χ1) is 13.0. The summed E-state index contributed by atoms with van der Waals surface area (Å²) >= 11 is 0. The molecular formula is C20H20N4O3. The minimum atomic E-state index is -1.02. The number of amides is 1. The molecule has 3 N–H and O–H groups in total. The third-order valence-corrected chi connectivity index (χ3v) is 4.73. The molecule has 0 saturated heterocycles. The molecule has 0 radical (unpaired) electrons. The summed E-state index contributed by atoms with van der Waals surface area (Å²) in [7, 11) is 0. The van der Waals surface area contributed by atoms with Gasteiger partial charge in [0, 0.05) is 37.1 Å². The van der Waals surface area contributed by atoms with Gasteiger partial charge in [-0.05, 0) is 24.1 Å². The van der Waals surface area contributed by atoms with Crippen molar-refractivity contribution in [1.82, 2.24) is 9.88 Å². The summed E-state index contributed by atoms with van der Waals surface area (Å²) in [5.41, 5.74) is 9.32. The molecule has 1 aliphatic heterocycles. The Balaban J connectivity index is 2.12. The Morgan fingerprint density at radius 2 is 2.04 bits per heavy atom. The highest BCUT2D eigenvalue weighted by molar-refractivity contribution is 5.89. The average Bonchev–Trinajstić information content (AvgIpc) is 2.66. The number of pyridine rings is 1. The smallest absolute Gasteiger partial charge is 0.335 e. The van der Waals surface area contributed by atoms with E-state index < -0.39 is 5.97 Å². The Hall–Kier alpha value is -3.40. The van der Waals surface area contributed by atoms with E-state index in [-0.39, 0.29) is 22.9 Å². The van der Waals surface area contributed by atoms with E-state index in [9.17, 15) is 14.9 Å². The Morgan fingerprint density at radius 3 is 2.63 bits per heavy atom. The molecule has 0 spiro atoms. The van der Waals surface area contributed by atoms with Gasteiger partial charge in [-0.15, -0.1) is 0 Å². The largest absolute Gasteiger partial charge is 0.478 e. The molecule has 1 aromatic heterocycles. The Kier molecular flexibility index (Phi) is 5.08. The van der Waals surface area contributed by atoms with Gasteiger partial charge in [0.1, 0.15) is 17.5 Å². The monoisotopic (exact) mass is 364 g/mol. The molecule has 0 unspecified atom stereocenters. The van der Waals surface area contributed by atoms with E-state index in [1.54, 1.807) is 17.0 Å². The van der Waals surface area contributed by atoms with Crippen LogP contribution in [0.2, 0.25) is 0 Å². The second-order valence-corrected chi connectivity index (χ2v) is 6.48. The maximum absolute atomic E-state index is 12.3. The third kappa shape index (κ3) is 3.47. The quantitative estimate of drug-likeness (QED) is 0.860. The Morgan fingerprint density at radius 1 is 1.33 bits per heavy atom. The van der Waals surface area contributed by atoms with Crippen LogP contribution in [0.3, 0.4) is 0 Å². The molecule has 7 nitrogen and oxygen atoms in total. The highest BCUT2D eigenvalue weighted by Gasteiger charge is 2.27. The van der Waals surface area contributed by atoms with Crippen LogP contribution in [0.5, 0.6) is 0 Å². The molecule has 1 aliphatic rings. The van der Waals surface area contributed by atoms with E-state index in [0.29, 0.717) is 37.1 Å². The number of hydrogen-bond donors (Lipinski definition) is 2. The lowest BCUT2D eigenvalue weighted by Gasteiger charge is -2.30. The molecule has 0 bridgehead atoms. The summed E-state index contributed by atoms with van der Waals surface area (Å²) in [5, 5.41) is 18.7. The van der Waals surface area contributed by atoms with Gasteiger partial charge in [0.05, 0.1) is 11.3 Å². The standard InChI is InChI=1S/C20H20N4O3/c1-2-3-17(25)24-9-8-16-15(11-24)18(14(10-21)19(22)23-16)12-4-6-13(7-5-12)20(26)27/h4-7H,2-3,8-9,11H2,1H3,(H2,22,23)(H,26,27). The molecule has 0 saturated carbocycles. The molecule has 2 aromatic rings. The van der Waals surface area contributed by atoms with E-state index in [2.05, 4.69) is 11.1 Å². The van der Waals surface area contributed by atoms with Crippen LogP contribution in [0, 0.1) is 11.3 Å². The number of nitrogen functional groups attached to an aromatic ring is 1. The molecule has 1 aromatic carbocycles. The van der Waals surface area contributed by atoms with Crippen LogP contribution in [0.4, 0.5) is 5.82 Å². The molecule has 2 heterocycles. The highest BCUT2D eigenvalue weighted by Crippen LogP contribution is 2.35. The first-order valence-corrected chi connectivity index (χ1v) is 8.79. The molecule has 0 aliphatic carbocycles. The Labute approximate surface area is 157 Å². The number of carboxylic acid groups (broad SMARTS) is 1. The minimum Gasteiger partial charge on any atom is -0.478 e. The van der Waals surface area contributed by atoms with E-state index >= 15 is 0 Å². The predicted octanol–water partition coefficient (Wildman–Crippen LogP) is 2.59. The van der Waals surface area contributed by atoms with E-state index in [1.165, 1.54) is 12.1 Å². The van der Waals surface area contributed by atoms with Gasteiger partial charge >= 0.3 is 5.97 Å². The first-order valence-electron chi connectivity index (χ1n) is 8.79. The van der Waals surface area contributed by atoms with Crippen molar-refractivity contribution in [2.75, 3.05) is 12.3 Å². The van der Waals surface area contributed by atoms with Crippen LogP contribution in [0.15, 0.2) is 24.3 Å². The maximum atomic E-state index is 12.3. The summed E-state index contributed by atoms with van der Waals surface area (Å²) in [6.07, 6.45) is 1.82. The van der Waals surface area contributed by atoms with E-state index in [4.69, 9.17) is 10.8 Å². The number of rotatable bonds is 4. The van der Waals surface area contributed by atoms with Gasteiger partial charge < -0.3 is 15.7 Å². The van der Waals surface area contributed by atoms with Crippen molar-refractivity contribution in [2.45, 2.75) is 32.7 Å². The maximum Gasteiger partial charge on any atom is 0.335 e. The van der Waals surface area contributed by atoms with Gasteiger partial charge in [-0.3, -0.25) is 4.79 Å². The molecular weight excluding hydrogens is 344 g/mol. The number of aromatic carboxylic acids is 1. The van der Waals surface area contributed by atoms with Gasteiger partial charge in [-0.25, -0.2) is 9.78 Å².